The Morgan fingerprint density at radius 2 is 1.07 bits per heavy atom. The molecule has 0 bridgehead atoms. The Kier molecular flexibility index (Phi) is 12.8. The van der Waals surface area contributed by atoms with Gasteiger partial charge in [-0.2, -0.15) is 12.1 Å². The molecule has 4 aromatic rings. The Hall–Kier alpha value is -0.420. The van der Waals surface area contributed by atoms with Crippen LogP contribution in [-0.4, -0.2) is 5.43 Å². The largest absolute Gasteiger partial charge is 1.00 e. The molecule has 0 fully saturated rings. The molecule has 0 nitrogen and oxygen atoms in total. The second-order valence-electron chi connectivity index (χ2n) is 6.55. The van der Waals surface area contributed by atoms with Gasteiger partial charge in [0.15, 0.2) is 0 Å². The molecular formula is C22H22Br2F2SiZr-2. The summed E-state index contributed by atoms with van der Waals surface area (Å²) in [4.78, 5) is 0. The zero-order chi connectivity index (χ0) is 19.3. The van der Waals surface area contributed by atoms with E-state index in [1.54, 1.807) is 23.3 Å². The van der Waals surface area contributed by atoms with Gasteiger partial charge in [-0.15, -0.1) is 69.1 Å². The number of hydrogen-bond acceptors (Lipinski definition) is 0. The molecule has 0 atom stereocenters. The summed E-state index contributed by atoms with van der Waals surface area (Å²) < 4.78 is 2.37. The summed E-state index contributed by atoms with van der Waals surface area (Å²) in [5.41, 5.74) is 2.86. The van der Waals surface area contributed by atoms with E-state index in [9.17, 15) is 0 Å². The molecular weight excluding hydrogens is 581 g/mol. The van der Waals surface area contributed by atoms with Gasteiger partial charge in [0.2, 0.25) is 0 Å². The maximum atomic E-state index is 3.51. The molecule has 0 spiro atoms. The first-order valence-corrected chi connectivity index (χ1v) is 16.2. The summed E-state index contributed by atoms with van der Waals surface area (Å²) in [6, 6.07) is 21.3. The molecule has 0 saturated carbocycles. The van der Waals surface area contributed by atoms with Crippen LogP contribution in [0.3, 0.4) is 0 Å². The third-order valence-corrected chi connectivity index (χ3v) is 5.07. The van der Waals surface area contributed by atoms with Gasteiger partial charge in [-0.3, -0.25) is 0 Å². The van der Waals surface area contributed by atoms with E-state index in [0.717, 1.165) is 0 Å². The maximum Gasteiger partial charge on any atom is -0.0262 e. The molecule has 0 saturated heterocycles. The number of fused-ring (bicyclic) bond motifs is 2. The molecule has 0 aromatic heterocycles. The Balaban J connectivity index is 0.000000415. The Morgan fingerprint density at radius 1 is 0.750 bits per heavy atom. The molecule has 0 N–H and O–H groups in total. The van der Waals surface area contributed by atoms with Crippen LogP contribution in [0.2, 0.25) is 13.1 Å². The summed E-state index contributed by atoms with van der Waals surface area (Å²) in [5, 5.41) is 5.25. The molecule has 0 amide bonds. The monoisotopic (exact) mass is 600 g/mol. The minimum atomic E-state index is 0. The van der Waals surface area contributed by atoms with Crippen LogP contribution in [0, 0.1) is 13.8 Å². The van der Waals surface area contributed by atoms with E-state index < -0.39 is 0 Å². The van der Waals surface area contributed by atoms with Crippen molar-refractivity contribution in [2.75, 3.05) is 0 Å². The zero-order valence-corrected chi connectivity index (χ0v) is 22.9. The van der Waals surface area contributed by atoms with E-state index in [4.69, 9.17) is 0 Å². The summed E-state index contributed by atoms with van der Waals surface area (Å²) >= 11 is 8.76. The number of rotatable bonds is 0. The minimum absolute atomic E-state index is 0. The minimum Gasteiger partial charge on any atom is -1.00 e. The average Bonchev–Trinajstić information content (AvgIpc) is 3.11. The van der Waals surface area contributed by atoms with Crippen molar-refractivity contribution >= 4 is 58.8 Å². The third kappa shape index (κ3) is 8.14. The average molecular weight is 604 g/mol. The van der Waals surface area contributed by atoms with E-state index in [-0.39, 0.29) is 14.8 Å². The van der Waals surface area contributed by atoms with Crippen molar-refractivity contribution in [2.45, 2.75) is 26.9 Å². The molecule has 4 aromatic carbocycles. The maximum absolute atomic E-state index is 3.51. The predicted octanol–water partition coefficient (Wildman–Crippen LogP) is 2.05. The summed E-state index contributed by atoms with van der Waals surface area (Å²) in [7, 11) is 0. The topological polar surface area (TPSA) is 0 Å². The zero-order valence-electron chi connectivity index (χ0n) is 16.3. The van der Waals surface area contributed by atoms with Crippen LogP contribution in [0.1, 0.15) is 11.1 Å². The van der Waals surface area contributed by atoms with Gasteiger partial charge < -0.3 is 9.41 Å². The molecule has 0 heterocycles. The van der Waals surface area contributed by atoms with E-state index in [1.807, 2.05) is 0 Å². The fourth-order valence-electron chi connectivity index (χ4n) is 2.69. The first kappa shape index (κ1) is 27.6. The van der Waals surface area contributed by atoms with Crippen LogP contribution >= 0.6 is 31.9 Å². The fraction of sp³-hybridized carbons (Fsp3) is 0.182. The Bertz CT molecular complexity index is 956. The van der Waals surface area contributed by atoms with Crippen LogP contribution in [0.25, 0.3) is 21.5 Å². The van der Waals surface area contributed by atoms with Crippen molar-refractivity contribution in [3.63, 3.8) is 0 Å². The predicted molar refractivity (Wildman–Crippen MR) is 121 cm³/mol. The van der Waals surface area contributed by atoms with Gasteiger partial charge in [0.25, 0.3) is 0 Å². The Labute approximate surface area is 197 Å². The first-order chi connectivity index (χ1) is 12.3. The molecule has 148 valence electrons. The molecule has 4 rings (SSSR count). The van der Waals surface area contributed by atoms with Crippen molar-refractivity contribution in [1.82, 2.24) is 0 Å². The molecule has 0 aliphatic heterocycles. The van der Waals surface area contributed by atoms with E-state index in [0.29, 0.717) is 0 Å². The van der Waals surface area contributed by atoms with Crippen molar-refractivity contribution < 1.29 is 32.7 Å². The molecule has 0 radical (unpaired) electrons. The first-order valence-electron chi connectivity index (χ1n) is 8.43. The van der Waals surface area contributed by atoms with Gasteiger partial charge >= 0.3 is 41.9 Å². The Morgan fingerprint density at radius 3 is 1.36 bits per heavy atom. The number of benzene rings is 2. The fourth-order valence-corrected chi connectivity index (χ4v) is 3.68. The van der Waals surface area contributed by atoms with Gasteiger partial charge in [0.1, 0.15) is 0 Å². The van der Waals surface area contributed by atoms with Gasteiger partial charge in [0.05, 0.1) is 0 Å². The molecule has 0 aliphatic rings. The number of hydrogen-bond donors (Lipinski definition) is 0. The second kappa shape index (κ2) is 13.0. The van der Waals surface area contributed by atoms with Crippen LogP contribution < -0.4 is 9.41 Å². The van der Waals surface area contributed by atoms with Crippen LogP contribution in [0.15, 0.2) is 69.6 Å². The quantitative estimate of drug-likeness (QED) is 0.214. The smallest absolute Gasteiger partial charge is 0.0262 e. The molecule has 0 aliphatic carbocycles. The van der Waals surface area contributed by atoms with Gasteiger partial charge in [0, 0.05) is 0 Å². The van der Waals surface area contributed by atoms with Crippen molar-refractivity contribution in [3.8, 4) is 0 Å². The second-order valence-corrected chi connectivity index (χ2v) is 17.6. The molecule has 6 heteroatoms. The van der Waals surface area contributed by atoms with Gasteiger partial charge in [-0.05, 0) is 8.95 Å². The standard InChI is InChI=1S/2C10H8Br.C2H6Si.2FH.Zr/c2*1-7-5-8-3-2-4-10(11)9(8)6-7;1-3-2;;;/h2*2-6H,1H3;1-2H3;2*1H;/q2*-1;;;;+2/p-2. The van der Waals surface area contributed by atoms with E-state index in [1.165, 1.54) is 41.6 Å². The van der Waals surface area contributed by atoms with E-state index >= 15 is 0 Å². The van der Waals surface area contributed by atoms with Crippen LogP contribution in [0.5, 0.6) is 0 Å². The number of aryl methyl sites for hydroxylation is 2. The summed E-state index contributed by atoms with van der Waals surface area (Å²) in [6.45, 7) is 8.85. The molecule has 0 unspecified atom stereocenters. The van der Waals surface area contributed by atoms with E-state index in [2.05, 4.69) is 119 Å². The summed E-state index contributed by atoms with van der Waals surface area (Å²) in [6.07, 6.45) is 0. The SMILES string of the molecule is C[Si](C)=[Zr+2].Cc1cc2c(Br)cccc2[cH-]1.Cc1cc2c(Br)cccc2[cH-]1.[F-].[F-]. The molecule has 28 heavy (non-hydrogen) atoms. The third-order valence-electron chi connectivity index (χ3n) is 3.68. The normalized spacial score (nSPS) is 9.43. The van der Waals surface area contributed by atoms with Gasteiger partial charge in [-0.1, -0.05) is 57.8 Å². The van der Waals surface area contributed by atoms with Crippen LogP contribution in [-0.2, 0) is 23.3 Å². The van der Waals surface area contributed by atoms with Crippen LogP contribution in [0.4, 0.5) is 0 Å². The van der Waals surface area contributed by atoms with Gasteiger partial charge in [-0.25, -0.2) is 0 Å². The van der Waals surface area contributed by atoms with Crippen molar-refractivity contribution in [2.24, 2.45) is 0 Å². The van der Waals surface area contributed by atoms with Crippen molar-refractivity contribution in [1.29, 1.82) is 0 Å². The summed E-state index contributed by atoms with van der Waals surface area (Å²) in [5.74, 6) is 0. The van der Waals surface area contributed by atoms with Crippen molar-refractivity contribution in [3.05, 3.63) is 80.7 Å². The number of halogens is 4.